The second-order valence-electron chi connectivity index (χ2n) is 3.10. The van der Waals surface area contributed by atoms with Gasteiger partial charge in [0.25, 0.3) is 0 Å². The molecule has 0 atom stereocenters. The molecule has 0 amide bonds. The van der Waals surface area contributed by atoms with Crippen molar-refractivity contribution < 1.29 is 22.7 Å². The molecule has 0 fully saturated rings. The molecule has 0 spiro atoms. The van der Waals surface area contributed by atoms with Gasteiger partial charge in [-0.1, -0.05) is 11.3 Å². The molecule has 1 heterocycles. The highest BCUT2D eigenvalue weighted by molar-refractivity contribution is 9.11. The van der Waals surface area contributed by atoms with Gasteiger partial charge in [0.2, 0.25) is 0 Å². The largest absolute Gasteiger partial charge is 0.459 e. The first-order chi connectivity index (χ1) is 7.21. The number of hydrogen-bond donors (Lipinski definition) is 0. The van der Waals surface area contributed by atoms with Crippen LogP contribution in [-0.4, -0.2) is 17.1 Å². The number of nitrogens with zero attached hydrogens (tertiary/aromatic N) is 1. The van der Waals surface area contributed by atoms with Crippen molar-refractivity contribution >= 4 is 33.2 Å². The molecule has 0 saturated carbocycles. The van der Waals surface area contributed by atoms with Crippen molar-refractivity contribution in [2.24, 2.45) is 0 Å². The molecule has 0 radical (unpaired) electrons. The Morgan fingerprint density at radius 3 is 2.50 bits per heavy atom. The molecular formula is C8H7BrF3NO2S. The van der Waals surface area contributed by atoms with Crippen LogP contribution in [-0.2, 0) is 10.9 Å². The predicted molar refractivity (Wildman–Crippen MR) is 55.4 cm³/mol. The van der Waals surface area contributed by atoms with E-state index in [1.807, 2.05) is 0 Å². The average molecular weight is 318 g/mol. The zero-order valence-corrected chi connectivity index (χ0v) is 10.7. The molecule has 1 aromatic rings. The van der Waals surface area contributed by atoms with Crippen LogP contribution in [0.4, 0.5) is 13.2 Å². The van der Waals surface area contributed by atoms with E-state index in [0.29, 0.717) is 11.3 Å². The standard InChI is InChI=1S/C8H7BrF3NO2S/c1-3(2)15-6(14)4-5(8(10,11)12)13-7(9)16-4/h3H,1-2H3. The number of carbonyl (C=O) groups is 1. The number of ether oxygens (including phenoxy) is 1. The Balaban J connectivity index is 3.09. The van der Waals surface area contributed by atoms with Gasteiger partial charge in [-0.25, -0.2) is 9.78 Å². The lowest BCUT2D eigenvalue weighted by Gasteiger charge is -2.08. The van der Waals surface area contributed by atoms with E-state index in [9.17, 15) is 18.0 Å². The van der Waals surface area contributed by atoms with Gasteiger partial charge in [0.1, 0.15) is 4.88 Å². The fourth-order valence-corrected chi connectivity index (χ4v) is 2.25. The van der Waals surface area contributed by atoms with Crippen molar-refractivity contribution in [1.29, 1.82) is 0 Å². The molecule has 8 heteroatoms. The Bertz CT molecular complexity index is 402. The first-order valence-corrected chi connectivity index (χ1v) is 5.77. The molecule has 1 aromatic heterocycles. The highest BCUT2D eigenvalue weighted by Gasteiger charge is 2.40. The van der Waals surface area contributed by atoms with Crippen LogP contribution in [0, 0.1) is 0 Å². The van der Waals surface area contributed by atoms with E-state index in [1.165, 1.54) is 0 Å². The smallest absolute Gasteiger partial charge is 0.435 e. The fraction of sp³-hybridized carbons (Fsp3) is 0.500. The molecule has 0 saturated heterocycles. The summed E-state index contributed by atoms with van der Waals surface area (Å²) < 4.78 is 42.1. The number of thiazole rings is 1. The first-order valence-electron chi connectivity index (χ1n) is 4.16. The third-order valence-corrected chi connectivity index (χ3v) is 2.88. The van der Waals surface area contributed by atoms with E-state index in [-0.39, 0.29) is 3.92 Å². The van der Waals surface area contributed by atoms with Crippen molar-refractivity contribution in [2.45, 2.75) is 26.1 Å². The van der Waals surface area contributed by atoms with Gasteiger partial charge >= 0.3 is 12.1 Å². The van der Waals surface area contributed by atoms with Gasteiger partial charge < -0.3 is 4.74 Å². The predicted octanol–water partition coefficient (Wildman–Crippen LogP) is 3.49. The maximum absolute atomic E-state index is 12.5. The molecule has 0 unspecified atom stereocenters. The normalized spacial score (nSPS) is 11.9. The Kier molecular flexibility index (Phi) is 3.95. The number of aromatic nitrogens is 1. The minimum atomic E-state index is -4.66. The van der Waals surface area contributed by atoms with E-state index in [4.69, 9.17) is 4.74 Å². The van der Waals surface area contributed by atoms with E-state index in [2.05, 4.69) is 20.9 Å². The summed E-state index contributed by atoms with van der Waals surface area (Å²) >= 11 is 3.41. The molecule has 0 aliphatic carbocycles. The summed E-state index contributed by atoms with van der Waals surface area (Å²) in [7, 11) is 0. The summed E-state index contributed by atoms with van der Waals surface area (Å²) in [6, 6.07) is 0. The molecular weight excluding hydrogens is 311 g/mol. The molecule has 3 nitrogen and oxygen atoms in total. The van der Waals surface area contributed by atoms with Gasteiger partial charge in [-0.2, -0.15) is 13.2 Å². The minimum absolute atomic E-state index is 0.00414. The molecule has 0 aliphatic heterocycles. The average Bonchev–Trinajstić information content (AvgIpc) is 2.45. The quantitative estimate of drug-likeness (QED) is 0.784. The third kappa shape index (κ3) is 3.18. The Morgan fingerprint density at radius 2 is 2.06 bits per heavy atom. The van der Waals surface area contributed by atoms with Gasteiger partial charge in [-0.15, -0.1) is 0 Å². The van der Waals surface area contributed by atoms with E-state index in [0.717, 1.165) is 0 Å². The SMILES string of the molecule is CC(C)OC(=O)c1sc(Br)nc1C(F)(F)F. The van der Waals surface area contributed by atoms with Gasteiger partial charge in [-0.3, -0.25) is 0 Å². The summed E-state index contributed by atoms with van der Waals surface area (Å²) in [5, 5.41) is 0. The lowest BCUT2D eigenvalue weighted by atomic mass is 10.3. The van der Waals surface area contributed by atoms with Crippen molar-refractivity contribution in [3.05, 3.63) is 14.5 Å². The number of alkyl halides is 3. The van der Waals surface area contributed by atoms with Gasteiger partial charge in [0.15, 0.2) is 9.61 Å². The lowest BCUT2D eigenvalue weighted by Crippen LogP contribution is -2.16. The molecule has 0 aliphatic rings. The summed E-state index contributed by atoms with van der Waals surface area (Å²) in [6.45, 7) is 3.11. The van der Waals surface area contributed by atoms with Gasteiger partial charge in [-0.05, 0) is 29.8 Å². The van der Waals surface area contributed by atoms with Gasteiger partial charge in [0.05, 0.1) is 6.10 Å². The van der Waals surface area contributed by atoms with Crippen LogP contribution in [0.25, 0.3) is 0 Å². The van der Waals surface area contributed by atoms with Gasteiger partial charge in [0, 0.05) is 0 Å². The Morgan fingerprint density at radius 1 is 1.50 bits per heavy atom. The summed E-state index contributed by atoms with van der Waals surface area (Å²) in [5.41, 5.74) is -1.21. The minimum Gasteiger partial charge on any atom is -0.459 e. The van der Waals surface area contributed by atoms with Crippen LogP contribution >= 0.6 is 27.3 Å². The van der Waals surface area contributed by atoms with Crippen LogP contribution in [0.3, 0.4) is 0 Å². The maximum atomic E-state index is 12.5. The number of hydrogen-bond acceptors (Lipinski definition) is 4. The zero-order valence-electron chi connectivity index (χ0n) is 8.26. The summed E-state index contributed by atoms with van der Waals surface area (Å²) in [5.74, 6) is -1.01. The third-order valence-electron chi connectivity index (χ3n) is 1.40. The van der Waals surface area contributed by atoms with Crippen LogP contribution < -0.4 is 0 Å². The van der Waals surface area contributed by atoms with Crippen LogP contribution in [0.5, 0.6) is 0 Å². The highest BCUT2D eigenvalue weighted by Crippen LogP contribution is 2.36. The summed E-state index contributed by atoms with van der Waals surface area (Å²) in [4.78, 5) is 14.0. The van der Waals surface area contributed by atoms with Crippen LogP contribution in [0.1, 0.15) is 29.2 Å². The highest BCUT2D eigenvalue weighted by atomic mass is 79.9. The molecule has 0 bridgehead atoms. The monoisotopic (exact) mass is 317 g/mol. The molecule has 16 heavy (non-hydrogen) atoms. The first kappa shape index (κ1) is 13.4. The van der Waals surface area contributed by atoms with Crippen LogP contribution in [0.2, 0.25) is 0 Å². The zero-order chi connectivity index (χ0) is 12.5. The molecule has 1 rings (SSSR count). The maximum Gasteiger partial charge on any atom is 0.435 e. The van der Waals surface area contributed by atoms with Crippen molar-refractivity contribution in [3.63, 3.8) is 0 Å². The van der Waals surface area contributed by atoms with Crippen molar-refractivity contribution in [1.82, 2.24) is 4.98 Å². The van der Waals surface area contributed by atoms with Crippen molar-refractivity contribution in [3.8, 4) is 0 Å². The van der Waals surface area contributed by atoms with E-state index in [1.54, 1.807) is 13.8 Å². The number of esters is 1. The summed E-state index contributed by atoms with van der Waals surface area (Å²) in [6.07, 6.45) is -5.14. The van der Waals surface area contributed by atoms with Crippen LogP contribution in [0.15, 0.2) is 3.92 Å². The number of halogens is 4. The Hall–Kier alpha value is -0.630. The van der Waals surface area contributed by atoms with E-state index < -0.39 is 28.8 Å². The number of carbonyl (C=O) groups excluding carboxylic acids is 1. The fourth-order valence-electron chi connectivity index (χ4n) is 0.892. The number of rotatable bonds is 2. The Labute approximate surface area is 102 Å². The lowest BCUT2D eigenvalue weighted by molar-refractivity contribution is -0.141. The molecule has 0 N–H and O–H groups in total. The second-order valence-corrected chi connectivity index (χ2v) is 5.37. The second kappa shape index (κ2) is 4.70. The van der Waals surface area contributed by atoms with Crippen molar-refractivity contribution in [2.75, 3.05) is 0 Å². The van der Waals surface area contributed by atoms with E-state index >= 15 is 0 Å². The topological polar surface area (TPSA) is 39.2 Å². The molecule has 0 aromatic carbocycles. The molecule has 90 valence electrons.